The predicted molar refractivity (Wildman–Crippen MR) is 80.9 cm³/mol. The number of amides is 3. The van der Waals surface area contributed by atoms with Gasteiger partial charge in [0, 0.05) is 11.6 Å². The van der Waals surface area contributed by atoms with Crippen molar-refractivity contribution in [1.82, 2.24) is 10.6 Å². The van der Waals surface area contributed by atoms with Crippen molar-refractivity contribution >= 4 is 45.2 Å². The van der Waals surface area contributed by atoms with Crippen molar-refractivity contribution in [3.05, 3.63) is 21.6 Å². The SMILES string of the molecule is CCNC(=O)NC(=O)C(C)Oc1c(N)cc(Cl)cc1Br. The standard InChI is InChI=1S/C12H15BrClN3O3/c1-3-16-12(19)17-11(18)6(2)20-10-8(13)4-7(14)5-9(10)15/h4-6H,3,15H2,1-2H3,(H2,16,17,18,19). The highest BCUT2D eigenvalue weighted by Gasteiger charge is 2.19. The van der Waals surface area contributed by atoms with E-state index in [1.165, 1.54) is 13.0 Å². The van der Waals surface area contributed by atoms with Gasteiger partial charge in [-0.3, -0.25) is 10.1 Å². The number of carbonyl (C=O) groups excluding carboxylic acids is 2. The van der Waals surface area contributed by atoms with Crippen LogP contribution in [0.25, 0.3) is 0 Å². The van der Waals surface area contributed by atoms with Crippen LogP contribution in [-0.2, 0) is 4.79 Å². The predicted octanol–water partition coefficient (Wildman–Crippen LogP) is 2.30. The molecule has 0 aliphatic carbocycles. The first-order valence-electron chi connectivity index (χ1n) is 5.85. The molecule has 0 aromatic heterocycles. The first-order chi connectivity index (χ1) is 9.35. The topological polar surface area (TPSA) is 93.5 Å². The largest absolute Gasteiger partial charge is 0.478 e. The summed E-state index contributed by atoms with van der Waals surface area (Å²) in [6.07, 6.45) is -0.891. The van der Waals surface area contributed by atoms with Gasteiger partial charge in [0.05, 0.1) is 10.2 Å². The van der Waals surface area contributed by atoms with Gasteiger partial charge in [-0.05, 0) is 41.9 Å². The van der Waals surface area contributed by atoms with Gasteiger partial charge in [-0.1, -0.05) is 11.6 Å². The molecule has 110 valence electrons. The first kappa shape index (κ1) is 16.6. The minimum atomic E-state index is -0.891. The van der Waals surface area contributed by atoms with E-state index < -0.39 is 18.0 Å². The Morgan fingerprint density at radius 2 is 2.15 bits per heavy atom. The lowest BCUT2D eigenvalue weighted by atomic mass is 10.3. The zero-order chi connectivity index (χ0) is 15.3. The van der Waals surface area contributed by atoms with Gasteiger partial charge in [0.2, 0.25) is 0 Å². The number of carbonyl (C=O) groups is 2. The molecule has 3 amide bonds. The van der Waals surface area contributed by atoms with Gasteiger partial charge < -0.3 is 15.8 Å². The molecule has 1 unspecified atom stereocenters. The molecule has 0 aliphatic rings. The smallest absolute Gasteiger partial charge is 0.321 e. The molecule has 1 aromatic rings. The van der Waals surface area contributed by atoms with E-state index in [4.69, 9.17) is 22.1 Å². The number of ether oxygens (including phenoxy) is 1. The minimum Gasteiger partial charge on any atom is -0.478 e. The number of rotatable bonds is 4. The molecule has 0 bridgehead atoms. The van der Waals surface area contributed by atoms with Crippen molar-refractivity contribution in [2.24, 2.45) is 0 Å². The van der Waals surface area contributed by atoms with Crippen LogP contribution in [0.15, 0.2) is 16.6 Å². The van der Waals surface area contributed by atoms with E-state index in [9.17, 15) is 9.59 Å². The highest BCUT2D eigenvalue weighted by molar-refractivity contribution is 9.10. The number of anilines is 1. The summed E-state index contributed by atoms with van der Waals surface area (Å²) in [6.45, 7) is 3.68. The second kappa shape index (κ2) is 7.35. The van der Waals surface area contributed by atoms with E-state index in [1.54, 1.807) is 13.0 Å². The van der Waals surface area contributed by atoms with Gasteiger partial charge >= 0.3 is 6.03 Å². The number of nitrogens with two attached hydrogens (primary N) is 1. The Hall–Kier alpha value is -1.47. The summed E-state index contributed by atoms with van der Waals surface area (Å²) < 4.78 is 5.98. The third-order valence-electron chi connectivity index (χ3n) is 2.28. The van der Waals surface area contributed by atoms with Crippen molar-refractivity contribution in [2.75, 3.05) is 12.3 Å². The van der Waals surface area contributed by atoms with Gasteiger partial charge in [0.15, 0.2) is 11.9 Å². The fourth-order valence-electron chi connectivity index (χ4n) is 1.35. The van der Waals surface area contributed by atoms with E-state index in [0.717, 1.165) is 0 Å². The molecule has 0 heterocycles. The number of benzene rings is 1. The van der Waals surface area contributed by atoms with E-state index in [1.807, 2.05) is 0 Å². The number of nitrogen functional groups attached to an aromatic ring is 1. The second-order valence-electron chi connectivity index (χ2n) is 3.91. The molecule has 6 nitrogen and oxygen atoms in total. The zero-order valence-electron chi connectivity index (χ0n) is 11.0. The lowest BCUT2D eigenvalue weighted by molar-refractivity contribution is -0.126. The molecule has 4 N–H and O–H groups in total. The third-order valence-corrected chi connectivity index (χ3v) is 3.08. The second-order valence-corrected chi connectivity index (χ2v) is 5.21. The maximum Gasteiger partial charge on any atom is 0.321 e. The molecule has 1 aromatic carbocycles. The Morgan fingerprint density at radius 1 is 1.50 bits per heavy atom. The van der Waals surface area contributed by atoms with E-state index in [-0.39, 0.29) is 0 Å². The number of urea groups is 1. The molecule has 1 rings (SSSR count). The number of halogens is 2. The molecular formula is C12H15BrClN3O3. The summed E-state index contributed by atoms with van der Waals surface area (Å²) >= 11 is 9.08. The Kier molecular flexibility index (Phi) is 6.09. The van der Waals surface area contributed by atoms with Crippen LogP contribution in [0.1, 0.15) is 13.8 Å². The van der Waals surface area contributed by atoms with Crippen LogP contribution in [0.4, 0.5) is 10.5 Å². The molecule has 8 heteroatoms. The van der Waals surface area contributed by atoms with Crippen molar-refractivity contribution in [2.45, 2.75) is 20.0 Å². The van der Waals surface area contributed by atoms with Gasteiger partial charge in [-0.25, -0.2) is 4.79 Å². The van der Waals surface area contributed by atoms with Crippen LogP contribution in [0, 0.1) is 0 Å². The molecule has 20 heavy (non-hydrogen) atoms. The molecule has 0 fully saturated rings. The van der Waals surface area contributed by atoms with Crippen molar-refractivity contribution in [1.29, 1.82) is 0 Å². The summed E-state index contributed by atoms with van der Waals surface area (Å²) in [6, 6.07) is 2.54. The Balaban J connectivity index is 2.73. The molecular weight excluding hydrogens is 350 g/mol. The van der Waals surface area contributed by atoms with Crippen LogP contribution < -0.4 is 21.1 Å². The Morgan fingerprint density at radius 3 is 2.70 bits per heavy atom. The molecule has 0 saturated carbocycles. The number of imide groups is 1. The van der Waals surface area contributed by atoms with Gasteiger partial charge in [-0.2, -0.15) is 0 Å². The zero-order valence-corrected chi connectivity index (χ0v) is 13.3. The molecule has 1 atom stereocenters. The molecule has 0 spiro atoms. The van der Waals surface area contributed by atoms with Crippen molar-refractivity contribution < 1.29 is 14.3 Å². The Bertz CT molecular complexity index is 502. The van der Waals surface area contributed by atoms with Crippen LogP contribution in [0.5, 0.6) is 5.75 Å². The molecule has 0 radical (unpaired) electrons. The average molecular weight is 365 g/mol. The lowest BCUT2D eigenvalue weighted by Crippen LogP contribution is -2.45. The van der Waals surface area contributed by atoms with Gasteiger partial charge in [-0.15, -0.1) is 0 Å². The summed E-state index contributed by atoms with van der Waals surface area (Å²) in [7, 11) is 0. The van der Waals surface area contributed by atoms with E-state index in [2.05, 4.69) is 26.6 Å². The highest BCUT2D eigenvalue weighted by atomic mass is 79.9. The molecule has 0 aliphatic heterocycles. The first-order valence-corrected chi connectivity index (χ1v) is 7.02. The summed E-state index contributed by atoms with van der Waals surface area (Å²) in [5, 5.41) is 5.05. The van der Waals surface area contributed by atoms with E-state index >= 15 is 0 Å². The van der Waals surface area contributed by atoms with Crippen LogP contribution in [0.3, 0.4) is 0 Å². The highest BCUT2D eigenvalue weighted by Crippen LogP contribution is 2.35. The fourth-order valence-corrected chi connectivity index (χ4v) is 2.28. The monoisotopic (exact) mass is 363 g/mol. The summed E-state index contributed by atoms with van der Waals surface area (Å²) in [5.74, 6) is -0.273. The number of hydrogen-bond acceptors (Lipinski definition) is 4. The number of hydrogen-bond donors (Lipinski definition) is 3. The quantitative estimate of drug-likeness (QED) is 0.715. The van der Waals surface area contributed by atoms with Crippen LogP contribution in [-0.4, -0.2) is 24.6 Å². The minimum absolute atomic E-state index is 0.294. The van der Waals surface area contributed by atoms with Crippen LogP contribution in [0.2, 0.25) is 5.02 Å². The summed E-state index contributed by atoms with van der Waals surface area (Å²) in [5.41, 5.74) is 6.06. The lowest BCUT2D eigenvalue weighted by Gasteiger charge is -2.17. The average Bonchev–Trinajstić information content (AvgIpc) is 2.33. The normalized spacial score (nSPS) is 11.6. The number of nitrogens with one attached hydrogen (secondary N) is 2. The maximum atomic E-state index is 11.7. The molecule has 0 saturated heterocycles. The third kappa shape index (κ3) is 4.57. The maximum absolute atomic E-state index is 11.7. The van der Waals surface area contributed by atoms with Crippen molar-refractivity contribution in [3.63, 3.8) is 0 Å². The Labute approximate surface area is 130 Å². The van der Waals surface area contributed by atoms with Crippen molar-refractivity contribution in [3.8, 4) is 5.75 Å². The fraction of sp³-hybridized carbons (Fsp3) is 0.333. The van der Waals surface area contributed by atoms with Gasteiger partial charge in [0.1, 0.15) is 0 Å². The van der Waals surface area contributed by atoms with Crippen LogP contribution >= 0.6 is 27.5 Å². The summed E-state index contributed by atoms with van der Waals surface area (Å²) in [4.78, 5) is 23.0. The van der Waals surface area contributed by atoms with Gasteiger partial charge in [0.25, 0.3) is 5.91 Å². The van der Waals surface area contributed by atoms with E-state index in [0.29, 0.717) is 27.5 Å².